The highest BCUT2D eigenvalue weighted by atomic mass is 35.5. The van der Waals surface area contributed by atoms with Gasteiger partial charge in [-0.1, -0.05) is 37.5 Å². The van der Waals surface area contributed by atoms with Crippen LogP contribution in [0, 0.1) is 12.8 Å². The van der Waals surface area contributed by atoms with Gasteiger partial charge in [0.1, 0.15) is 5.76 Å². The molecule has 1 heterocycles. The molecule has 3 N–H and O–H groups in total. The standard InChI is InChI=1S/C20H27N3O2.2ClH/c1-14-17(23-20(25-14)16-10-6-3-7-11-16)12-19(24)22-18(13-21)15-8-4-2-5-9-15;;/h3,6-7,10-11,15,18H,2,4-5,8-9,12-13,21H2,1H3,(H,22,24);2*1H. The van der Waals surface area contributed by atoms with E-state index < -0.39 is 0 Å². The molecular formula is C20H29Cl2N3O2. The van der Waals surface area contributed by atoms with Crippen LogP contribution >= 0.6 is 24.8 Å². The first-order valence-corrected chi connectivity index (χ1v) is 9.18. The first kappa shape index (κ1) is 23.5. The van der Waals surface area contributed by atoms with Gasteiger partial charge >= 0.3 is 0 Å². The summed E-state index contributed by atoms with van der Waals surface area (Å²) < 4.78 is 5.73. The number of carbonyl (C=O) groups excluding carboxylic acids is 1. The Kier molecular flexibility index (Phi) is 9.84. The van der Waals surface area contributed by atoms with Gasteiger partial charge in [0.25, 0.3) is 0 Å². The average Bonchev–Trinajstić information content (AvgIpc) is 3.01. The van der Waals surface area contributed by atoms with Crippen molar-refractivity contribution in [1.29, 1.82) is 0 Å². The summed E-state index contributed by atoms with van der Waals surface area (Å²) in [6.07, 6.45) is 6.31. The molecule has 1 aliphatic rings. The van der Waals surface area contributed by atoms with Crippen molar-refractivity contribution in [3.63, 3.8) is 0 Å². The second-order valence-corrected chi connectivity index (χ2v) is 6.87. The van der Waals surface area contributed by atoms with Gasteiger partial charge in [0, 0.05) is 18.2 Å². The highest BCUT2D eigenvalue weighted by molar-refractivity contribution is 5.85. The van der Waals surface area contributed by atoms with E-state index in [1.807, 2.05) is 37.3 Å². The van der Waals surface area contributed by atoms with Crippen molar-refractivity contribution >= 4 is 30.7 Å². The third-order valence-corrected chi connectivity index (χ3v) is 5.06. The SMILES string of the molecule is Cc1oc(-c2ccccc2)nc1CC(=O)NC(CN)C1CCCCC1.Cl.Cl. The van der Waals surface area contributed by atoms with E-state index in [4.69, 9.17) is 10.2 Å². The fourth-order valence-corrected chi connectivity index (χ4v) is 3.61. The molecule has 1 saturated carbocycles. The molecular weight excluding hydrogens is 385 g/mol. The van der Waals surface area contributed by atoms with Gasteiger partial charge in [-0.25, -0.2) is 4.98 Å². The molecule has 3 rings (SSSR count). The lowest BCUT2D eigenvalue weighted by atomic mass is 9.84. The van der Waals surface area contributed by atoms with Gasteiger partial charge in [-0.2, -0.15) is 0 Å². The van der Waals surface area contributed by atoms with Crippen LogP contribution in [-0.2, 0) is 11.2 Å². The van der Waals surface area contributed by atoms with Gasteiger partial charge in [-0.15, -0.1) is 24.8 Å². The lowest BCUT2D eigenvalue weighted by Crippen LogP contribution is -2.46. The largest absolute Gasteiger partial charge is 0.441 e. The molecule has 1 aliphatic carbocycles. The Labute approximate surface area is 173 Å². The number of rotatable bonds is 6. The predicted molar refractivity (Wildman–Crippen MR) is 112 cm³/mol. The first-order valence-electron chi connectivity index (χ1n) is 9.18. The maximum absolute atomic E-state index is 12.5. The van der Waals surface area contributed by atoms with E-state index in [1.54, 1.807) is 0 Å². The molecule has 1 atom stereocenters. The fourth-order valence-electron chi connectivity index (χ4n) is 3.61. The predicted octanol–water partition coefficient (Wildman–Crippen LogP) is 4.06. The number of hydrogen-bond acceptors (Lipinski definition) is 4. The maximum atomic E-state index is 12.5. The molecule has 27 heavy (non-hydrogen) atoms. The summed E-state index contributed by atoms with van der Waals surface area (Å²) in [5.41, 5.74) is 7.51. The molecule has 2 aromatic rings. The average molecular weight is 414 g/mol. The van der Waals surface area contributed by atoms with Crippen LogP contribution in [0.15, 0.2) is 34.7 Å². The van der Waals surface area contributed by atoms with Crippen molar-refractivity contribution in [3.8, 4) is 11.5 Å². The van der Waals surface area contributed by atoms with E-state index >= 15 is 0 Å². The second-order valence-electron chi connectivity index (χ2n) is 6.87. The number of aryl methyl sites for hydroxylation is 1. The zero-order valence-corrected chi connectivity index (χ0v) is 17.3. The summed E-state index contributed by atoms with van der Waals surface area (Å²) in [4.78, 5) is 17.0. The molecule has 0 radical (unpaired) electrons. The van der Waals surface area contributed by atoms with Crippen molar-refractivity contribution in [3.05, 3.63) is 41.8 Å². The molecule has 0 spiro atoms. The van der Waals surface area contributed by atoms with Gasteiger partial charge in [-0.05, 0) is 37.8 Å². The molecule has 1 aromatic heterocycles. The zero-order valence-electron chi connectivity index (χ0n) is 15.6. The third-order valence-electron chi connectivity index (χ3n) is 5.06. The maximum Gasteiger partial charge on any atom is 0.226 e. The van der Waals surface area contributed by atoms with E-state index in [0.29, 0.717) is 29.8 Å². The highest BCUT2D eigenvalue weighted by Crippen LogP contribution is 2.26. The number of aromatic nitrogens is 1. The van der Waals surface area contributed by atoms with Crippen molar-refractivity contribution < 1.29 is 9.21 Å². The number of nitrogens with two attached hydrogens (primary N) is 1. The summed E-state index contributed by atoms with van der Waals surface area (Å²) in [5.74, 6) is 1.72. The van der Waals surface area contributed by atoms with Crippen LogP contribution in [0.3, 0.4) is 0 Å². The lowest BCUT2D eigenvalue weighted by Gasteiger charge is -2.30. The number of halogens is 2. The molecule has 1 amide bonds. The van der Waals surface area contributed by atoms with Crippen molar-refractivity contribution in [2.75, 3.05) is 6.54 Å². The molecule has 1 fully saturated rings. The third kappa shape index (κ3) is 6.23. The summed E-state index contributed by atoms with van der Waals surface area (Å²) in [7, 11) is 0. The Morgan fingerprint density at radius 1 is 1.22 bits per heavy atom. The quantitative estimate of drug-likeness (QED) is 0.747. The highest BCUT2D eigenvalue weighted by Gasteiger charge is 2.24. The van der Waals surface area contributed by atoms with E-state index in [0.717, 1.165) is 18.4 Å². The van der Waals surface area contributed by atoms with Crippen LogP contribution in [0.1, 0.15) is 43.6 Å². The summed E-state index contributed by atoms with van der Waals surface area (Å²) in [6, 6.07) is 9.79. The van der Waals surface area contributed by atoms with Crippen LogP contribution in [-0.4, -0.2) is 23.5 Å². The van der Waals surface area contributed by atoms with E-state index in [-0.39, 0.29) is 43.2 Å². The normalized spacial score (nSPS) is 15.3. The van der Waals surface area contributed by atoms with Crippen LogP contribution in [0.25, 0.3) is 11.5 Å². The van der Waals surface area contributed by atoms with Gasteiger partial charge in [0.2, 0.25) is 11.8 Å². The summed E-state index contributed by atoms with van der Waals surface area (Å²) >= 11 is 0. The Bertz CT molecular complexity index is 701. The first-order chi connectivity index (χ1) is 12.2. The smallest absolute Gasteiger partial charge is 0.226 e. The molecule has 0 saturated heterocycles. The molecule has 0 aliphatic heterocycles. The van der Waals surface area contributed by atoms with Crippen molar-refractivity contribution in [1.82, 2.24) is 10.3 Å². The Morgan fingerprint density at radius 2 is 1.89 bits per heavy atom. The molecule has 7 heteroatoms. The Balaban J connectivity index is 0.00000182. The number of nitrogens with zero attached hydrogens (tertiary/aromatic N) is 1. The van der Waals surface area contributed by atoms with Gasteiger partial charge in [0.15, 0.2) is 0 Å². The number of oxazole rings is 1. The molecule has 150 valence electrons. The van der Waals surface area contributed by atoms with Crippen LogP contribution in [0.2, 0.25) is 0 Å². The topological polar surface area (TPSA) is 81.2 Å². The number of benzene rings is 1. The van der Waals surface area contributed by atoms with Gasteiger partial charge in [-0.3, -0.25) is 4.79 Å². The summed E-state index contributed by atoms with van der Waals surface area (Å²) in [5, 5.41) is 3.12. The molecule has 1 aromatic carbocycles. The minimum absolute atomic E-state index is 0. The Hall–Kier alpha value is -1.56. The van der Waals surface area contributed by atoms with Crippen LogP contribution < -0.4 is 11.1 Å². The van der Waals surface area contributed by atoms with Crippen LogP contribution in [0.5, 0.6) is 0 Å². The molecule has 1 unspecified atom stereocenters. The number of amides is 1. The van der Waals surface area contributed by atoms with Crippen molar-refractivity contribution in [2.24, 2.45) is 11.7 Å². The fraction of sp³-hybridized carbons (Fsp3) is 0.500. The van der Waals surface area contributed by atoms with E-state index in [9.17, 15) is 4.79 Å². The van der Waals surface area contributed by atoms with E-state index in [1.165, 1.54) is 19.3 Å². The zero-order chi connectivity index (χ0) is 17.6. The van der Waals surface area contributed by atoms with Gasteiger partial charge < -0.3 is 15.5 Å². The second kappa shape index (κ2) is 11.3. The molecule has 5 nitrogen and oxygen atoms in total. The van der Waals surface area contributed by atoms with Crippen LogP contribution in [0.4, 0.5) is 0 Å². The monoisotopic (exact) mass is 413 g/mol. The Morgan fingerprint density at radius 3 is 2.52 bits per heavy atom. The summed E-state index contributed by atoms with van der Waals surface area (Å²) in [6.45, 7) is 2.34. The minimum Gasteiger partial charge on any atom is -0.441 e. The minimum atomic E-state index is -0.0305. The number of hydrogen-bond donors (Lipinski definition) is 2. The number of carbonyl (C=O) groups is 1. The number of nitrogens with one attached hydrogen (secondary N) is 1. The molecule has 0 bridgehead atoms. The lowest BCUT2D eigenvalue weighted by molar-refractivity contribution is -0.121. The van der Waals surface area contributed by atoms with Crippen molar-refractivity contribution in [2.45, 2.75) is 51.5 Å². The van der Waals surface area contributed by atoms with E-state index in [2.05, 4.69) is 10.3 Å². The van der Waals surface area contributed by atoms with Gasteiger partial charge in [0.05, 0.1) is 12.1 Å².